The minimum absolute atomic E-state index is 0.159. The Morgan fingerprint density at radius 2 is 1.75 bits per heavy atom. The summed E-state index contributed by atoms with van der Waals surface area (Å²) < 4.78 is 16.9. The van der Waals surface area contributed by atoms with Crippen molar-refractivity contribution in [2.24, 2.45) is 0 Å². The molecule has 1 atom stereocenters. The van der Waals surface area contributed by atoms with Crippen LogP contribution in [0.2, 0.25) is 0 Å². The van der Waals surface area contributed by atoms with Gasteiger partial charge in [-0.15, -0.1) is 0 Å². The highest BCUT2D eigenvalue weighted by molar-refractivity contribution is 9.10. The molecule has 0 aliphatic heterocycles. The van der Waals surface area contributed by atoms with Crippen LogP contribution in [0.25, 0.3) is 0 Å². The second-order valence-corrected chi connectivity index (χ2v) is 6.05. The molecule has 1 N–H and O–H groups in total. The van der Waals surface area contributed by atoms with Gasteiger partial charge in [-0.25, -0.2) is 0 Å². The van der Waals surface area contributed by atoms with E-state index in [9.17, 15) is 4.79 Å². The monoisotopic (exact) mass is 393 g/mol. The van der Waals surface area contributed by atoms with Gasteiger partial charge in [0.15, 0.2) is 11.5 Å². The number of nitrogens with one attached hydrogen (secondary N) is 1. The lowest BCUT2D eigenvalue weighted by molar-refractivity contribution is 0.0936. The third kappa shape index (κ3) is 3.82. The van der Waals surface area contributed by atoms with E-state index >= 15 is 0 Å². The second kappa shape index (κ2) is 8.06. The van der Waals surface area contributed by atoms with Crippen LogP contribution in [-0.4, -0.2) is 27.2 Å². The molecule has 1 amide bonds. The molecule has 0 saturated carbocycles. The molecule has 0 aliphatic rings. The van der Waals surface area contributed by atoms with E-state index in [2.05, 4.69) is 21.2 Å². The standard InChI is InChI=1S/C18H20BrNO4/c1-11(12-6-5-7-13(19)10-12)20-18(21)14-8-9-15(22-2)17(24-4)16(14)23-3/h5-11H,1-4H3,(H,20,21). The lowest BCUT2D eigenvalue weighted by Gasteiger charge is -2.18. The van der Waals surface area contributed by atoms with Gasteiger partial charge in [-0.05, 0) is 36.8 Å². The van der Waals surface area contributed by atoms with Gasteiger partial charge in [0, 0.05) is 4.47 Å². The maximum atomic E-state index is 12.7. The summed E-state index contributed by atoms with van der Waals surface area (Å²) in [5.74, 6) is 0.991. The maximum absolute atomic E-state index is 12.7. The number of methoxy groups -OCH3 is 3. The van der Waals surface area contributed by atoms with Crippen molar-refractivity contribution in [2.75, 3.05) is 21.3 Å². The number of ether oxygens (including phenoxy) is 3. The van der Waals surface area contributed by atoms with Crippen LogP contribution in [0.3, 0.4) is 0 Å². The fraction of sp³-hybridized carbons (Fsp3) is 0.278. The van der Waals surface area contributed by atoms with Crippen molar-refractivity contribution in [1.29, 1.82) is 0 Å². The van der Waals surface area contributed by atoms with Gasteiger partial charge in [-0.2, -0.15) is 0 Å². The minimum Gasteiger partial charge on any atom is -0.493 e. The molecule has 6 heteroatoms. The number of carbonyl (C=O) groups is 1. The fourth-order valence-electron chi connectivity index (χ4n) is 2.41. The SMILES string of the molecule is COc1ccc(C(=O)NC(C)c2cccc(Br)c2)c(OC)c1OC. The summed E-state index contributed by atoms with van der Waals surface area (Å²) in [7, 11) is 4.53. The van der Waals surface area contributed by atoms with Crippen molar-refractivity contribution in [3.8, 4) is 17.2 Å². The smallest absolute Gasteiger partial charge is 0.255 e. The molecular formula is C18H20BrNO4. The molecular weight excluding hydrogens is 374 g/mol. The van der Waals surface area contributed by atoms with Gasteiger partial charge in [-0.1, -0.05) is 28.1 Å². The Bertz CT molecular complexity index is 733. The van der Waals surface area contributed by atoms with Crippen LogP contribution < -0.4 is 19.5 Å². The zero-order valence-electron chi connectivity index (χ0n) is 14.1. The van der Waals surface area contributed by atoms with E-state index in [0.29, 0.717) is 22.8 Å². The average Bonchev–Trinajstić information content (AvgIpc) is 2.59. The van der Waals surface area contributed by atoms with E-state index in [0.717, 1.165) is 10.0 Å². The third-order valence-corrected chi connectivity index (χ3v) is 4.14. The highest BCUT2D eigenvalue weighted by Crippen LogP contribution is 2.39. The van der Waals surface area contributed by atoms with E-state index in [4.69, 9.17) is 14.2 Å². The van der Waals surface area contributed by atoms with Gasteiger partial charge in [-0.3, -0.25) is 4.79 Å². The molecule has 0 heterocycles. The van der Waals surface area contributed by atoms with Crippen LogP contribution in [0.5, 0.6) is 17.2 Å². The highest BCUT2D eigenvalue weighted by Gasteiger charge is 2.21. The minimum atomic E-state index is -0.250. The normalized spacial score (nSPS) is 11.5. The lowest BCUT2D eigenvalue weighted by Crippen LogP contribution is -2.27. The van der Waals surface area contributed by atoms with Gasteiger partial charge in [0.25, 0.3) is 5.91 Å². The molecule has 2 rings (SSSR count). The lowest BCUT2D eigenvalue weighted by atomic mass is 10.1. The predicted molar refractivity (Wildman–Crippen MR) is 96.1 cm³/mol. The molecule has 0 bridgehead atoms. The second-order valence-electron chi connectivity index (χ2n) is 5.13. The Morgan fingerprint density at radius 3 is 2.33 bits per heavy atom. The molecule has 128 valence electrons. The first kappa shape index (κ1) is 18.1. The number of hydrogen-bond acceptors (Lipinski definition) is 4. The van der Waals surface area contributed by atoms with Gasteiger partial charge in [0.2, 0.25) is 5.75 Å². The molecule has 5 nitrogen and oxygen atoms in total. The quantitative estimate of drug-likeness (QED) is 0.806. The van der Waals surface area contributed by atoms with Crippen LogP contribution >= 0.6 is 15.9 Å². The van der Waals surface area contributed by atoms with Crippen molar-refractivity contribution in [3.05, 3.63) is 52.0 Å². The van der Waals surface area contributed by atoms with Gasteiger partial charge >= 0.3 is 0 Å². The molecule has 0 saturated heterocycles. The molecule has 2 aromatic carbocycles. The van der Waals surface area contributed by atoms with Gasteiger partial charge < -0.3 is 19.5 Å². The van der Waals surface area contributed by atoms with Crippen LogP contribution in [0.1, 0.15) is 28.9 Å². The molecule has 0 spiro atoms. The Kier molecular flexibility index (Phi) is 6.09. The highest BCUT2D eigenvalue weighted by atomic mass is 79.9. The Morgan fingerprint density at radius 1 is 1.04 bits per heavy atom. The Hall–Kier alpha value is -2.21. The average molecular weight is 394 g/mol. The number of benzene rings is 2. The first-order chi connectivity index (χ1) is 11.5. The summed E-state index contributed by atoms with van der Waals surface area (Å²) in [4.78, 5) is 12.7. The first-order valence-corrected chi connectivity index (χ1v) is 8.16. The number of hydrogen-bond donors (Lipinski definition) is 1. The fourth-order valence-corrected chi connectivity index (χ4v) is 2.83. The molecule has 24 heavy (non-hydrogen) atoms. The van der Waals surface area contributed by atoms with Gasteiger partial charge in [0.1, 0.15) is 0 Å². The largest absolute Gasteiger partial charge is 0.493 e. The van der Waals surface area contributed by atoms with Crippen molar-refractivity contribution in [1.82, 2.24) is 5.32 Å². The predicted octanol–water partition coefficient (Wildman–Crippen LogP) is 3.97. The molecule has 0 aromatic heterocycles. The summed E-state index contributed by atoms with van der Waals surface area (Å²) in [5.41, 5.74) is 1.38. The molecule has 0 radical (unpaired) electrons. The zero-order valence-corrected chi connectivity index (χ0v) is 15.6. The number of amides is 1. The van der Waals surface area contributed by atoms with Crippen molar-refractivity contribution in [3.63, 3.8) is 0 Å². The topological polar surface area (TPSA) is 56.8 Å². The maximum Gasteiger partial charge on any atom is 0.255 e. The number of rotatable bonds is 6. The summed E-state index contributed by atoms with van der Waals surface area (Å²) in [5, 5.41) is 2.97. The molecule has 1 unspecified atom stereocenters. The first-order valence-electron chi connectivity index (χ1n) is 7.37. The van der Waals surface area contributed by atoms with E-state index < -0.39 is 0 Å². The van der Waals surface area contributed by atoms with Crippen LogP contribution in [-0.2, 0) is 0 Å². The van der Waals surface area contributed by atoms with Crippen molar-refractivity contribution >= 4 is 21.8 Å². The van der Waals surface area contributed by atoms with E-state index in [-0.39, 0.29) is 11.9 Å². The summed E-state index contributed by atoms with van der Waals surface area (Å²) >= 11 is 3.44. The van der Waals surface area contributed by atoms with Gasteiger partial charge in [0.05, 0.1) is 32.9 Å². The molecule has 2 aromatic rings. The zero-order chi connectivity index (χ0) is 17.7. The van der Waals surface area contributed by atoms with Crippen LogP contribution in [0, 0.1) is 0 Å². The summed E-state index contributed by atoms with van der Waals surface area (Å²) in [6, 6.07) is 11.0. The van der Waals surface area contributed by atoms with Crippen LogP contribution in [0.15, 0.2) is 40.9 Å². The van der Waals surface area contributed by atoms with Crippen molar-refractivity contribution < 1.29 is 19.0 Å². The van der Waals surface area contributed by atoms with Crippen molar-refractivity contribution in [2.45, 2.75) is 13.0 Å². The summed E-state index contributed by atoms with van der Waals surface area (Å²) in [6.45, 7) is 1.92. The third-order valence-electron chi connectivity index (χ3n) is 3.65. The number of halogens is 1. The molecule has 0 fully saturated rings. The molecule has 0 aliphatic carbocycles. The van der Waals surface area contributed by atoms with E-state index in [1.54, 1.807) is 12.1 Å². The Labute approximate surface area is 150 Å². The van der Waals surface area contributed by atoms with Crippen LogP contribution in [0.4, 0.5) is 0 Å². The van der Waals surface area contributed by atoms with E-state index in [1.807, 2.05) is 31.2 Å². The summed E-state index contributed by atoms with van der Waals surface area (Å²) in [6.07, 6.45) is 0. The number of carbonyl (C=O) groups excluding carboxylic acids is 1. The Balaban J connectivity index is 2.29. The van der Waals surface area contributed by atoms with E-state index in [1.165, 1.54) is 21.3 Å².